The Kier molecular flexibility index (Phi) is 5.30. The maximum atomic E-state index is 11.9. The highest BCUT2D eigenvalue weighted by atomic mass is 35.5. The Balaban J connectivity index is 3.03. The Morgan fingerprint density at radius 1 is 1.53 bits per heavy atom. The van der Waals surface area contributed by atoms with Crippen molar-refractivity contribution in [2.24, 2.45) is 5.14 Å². The zero-order valence-electron chi connectivity index (χ0n) is 10.5. The van der Waals surface area contributed by atoms with Crippen molar-refractivity contribution in [3.8, 4) is 0 Å². The van der Waals surface area contributed by atoms with Crippen molar-refractivity contribution >= 4 is 27.5 Å². The fraction of sp³-hybridized carbons (Fsp3) is 0.364. The molecule has 1 aromatic carbocycles. The van der Waals surface area contributed by atoms with E-state index in [0.717, 1.165) is 6.07 Å². The van der Waals surface area contributed by atoms with Gasteiger partial charge < -0.3 is 10.1 Å². The van der Waals surface area contributed by atoms with Crippen LogP contribution < -0.4 is 10.5 Å². The Morgan fingerprint density at radius 2 is 2.16 bits per heavy atom. The third kappa shape index (κ3) is 4.46. The van der Waals surface area contributed by atoms with E-state index >= 15 is 0 Å². The first-order chi connectivity index (χ1) is 8.75. The molecule has 0 spiro atoms. The van der Waals surface area contributed by atoms with Gasteiger partial charge in [-0.3, -0.25) is 4.79 Å². The summed E-state index contributed by atoms with van der Waals surface area (Å²) < 4.78 is 27.3. The second-order valence-corrected chi connectivity index (χ2v) is 5.99. The van der Waals surface area contributed by atoms with Gasteiger partial charge in [-0.2, -0.15) is 0 Å². The summed E-state index contributed by atoms with van der Waals surface area (Å²) in [4.78, 5) is 11.8. The number of nitrogens with two attached hydrogens (primary N) is 1. The molecule has 0 aliphatic heterocycles. The third-order valence-electron chi connectivity index (χ3n) is 2.31. The standard InChI is InChI=1S/C11H15ClN2O4S/c1-7(6-18-2)14-11(15)9-5-8(19(13,16)17)3-4-10(9)12/h3-5,7H,6H2,1-2H3,(H,14,15)(H2,13,16,17)/t7-/m1/s1. The highest BCUT2D eigenvalue weighted by molar-refractivity contribution is 7.89. The molecular weight excluding hydrogens is 292 g/mol. The van der Waals surface area contributed by atoms with Crippen LogP contribution in [0.5, 0.6) is 0 Å². The number of halogens is 1. The number of carbonyl (C=O) groups excluding carboxylic acids is 1. The highest BCUT2D eigenvalue weighted by Gasteiger charge is 2.17. The minimum Gasteiger partial charge on any atom is -0.383 e. The topological polar surface area (TPSA) is 98.5 Å². The van der Waals surface area contributed by atoms with Gasteiger partial charge in [0.15, 0.2) is 0 Å². The normalized spacial score (nSPS) is 13.1. The lowest BCUT2D eigenvalue weighted by atomic mass is 10.2. The molecule has 1 rings (SSSR count). The average molecular weight is 307 g/mol. The molecule has 0 aliphatic rings. The average Bonchev–Trinajstić information content (AvgIpc) is 2.27. The summed E-state index contributed by atoms with van der Waals surface area (Å²) in [6.45, 7) is 2.08. The van der Waals surface area contributed by atoms with E-state index in [4.69, 9.17) is 21.5 Å². The molecule has 0 radical (unpaired) electrons. The van der Waals surface area contributed by atoms with Gasteiger partial charge in [-0.05, 0) is 25.1 Å². The van der Waals surface area contributed by atoms with Crippen molar-refractivity contribution in [3.05, 3.63) is 28.8 Å². The maximum Gasteiger partial charge on any atom is 0.253 e. The lowest BCUT2D eigenvalue weighted by Crippen LogP contribution is -2.35. The lowest BCUT2D eigenvalue weighted by Gasteiger charge is -2.13. The number of carbonyl (C=O) groups is 1. The Labute approximate surface area is 116 Å². The van der Waals surface area contributed by atoms with Crippen LogP contribution >= 0.6 is 11.6 Å². The van der Waals surface area contributed by atoms with Crippen LogP contribution in [0, 0.1) is 0 Å². The van der Waals surface area contributed by atoms with Gasteiger partial charge in [-0.1, -0.05) is 11.6 Å². The Bertz CT molecular complexity index is 574. The number of hydrogen-bond acceptors (Lipinski definition) is 4. The van der Waals surface area contributed by atoms with E-state index in [1.807, 2.05) is 0 Å². The minimum absolute atomic E-state index is 0.0520. The van der Waals surface area contributed by atoms with Crippen LogP contribution in [0.1, 0.15) is 17.3 Å². The second-order valence-electron chi connectivity index (χ2n) is 4.02. The Hall–Kier alpha value is -1.15. The predicted molar refractivity (Wildman–Crippen MR) is 71.6 cm³/mol. The second kappa shape index (κ2) is 6.33. The molecule has 0 saturated carbocycles. The lowest BCUT2D eigenvalue weighted by molar-refractivity contribution is 0.0905. The fourth-order valence-electron chi connectivity index (χ4n) is 1.45. The number of hydrogen-bond donors (Lipinski definition) is 2. The van der Waals surface area contributed by atoms with E-state index in [-0.39, 0.29) is 21.5 Å². The largest absolute Gasteiger partial charge is 0.383 e. The van der Waals surface area contributed by atoms with Gasteiger partial charge in [0.05, 0.1) is 22.1 Å². The number of amides is 1. The number of sulfonamides is 1. The molecule has 8 heteroatoms. The number of benzene rings is 1. The molecular formula is C11H15ClN2O4S. The molecule has 1 aromatic rings. The number of nitrogens with one attached hydrogen (secondary N) is 1. The monoisotopic (exact) mass is 306 g/mol. The minimum atomic E-state index is -3.88. The van der Waals surface area contributed by atoms with Gasteiger partial charge in [0.25, 0.3) is 5.91 Å². The van der Waals surface area contributed by atoms with Crippen molar-refractivity contribution < 1.29 is 17.9 Å². The first kappa shape index (κ1) is 15.9. The molecule has 0 unspecified atom stereocenters. The third-order valence-corrected chi connectivity index (χ3v) is 3.55. The van der Waals surface area contributed by atoms with Gasteiger partial charge in [0, 0.05) is 13.2 Å². The van der Waals surface area contributed by atoms with Gasteiger partial charge in [-0.15, -0.1) is 0 Å². The summed E-state index contributed by atoms with van der Waals surface area (Å²) in [6.07, 6.45) is 0. The SMILES string of the molecule is COC[C@@H](C)NC(=O)c1cc(S(N)(=O)=O)ccc1Cl. The Morgan fingerprint density at radius 3 is 2.68 bits per heavy atom. The van der Waals surface area contributed by atoms with Crippen molar-refractivity contribution in [3.63, 3.8) is 0 Å². The molecule has 106 valence electrons. The molecule has 0 fully saturated rings. The highest BCUT2D eigenvalue weighted by Crippen LogP contribution is 2.19. The van der Waals surface area contributed by atoms with E-state index in [2.05, 4.69) is 5.32 Å². The summed E-state index contributed by atoms with van der Waals surface area (Å²) in [7, 11) is -2.37. The molecule has 0 aromatic heterocycles. The van der Waals surface area contributed by atoms with Gasteiger partial charge >= 0.3 is 0 Å². The molecule has 19 heavy (non-hydrogen) atoms. The molecule has 0 aliphatic carbocycles. The molecule has 0 bridgehead atoms. The summed E-state index contributed by atoms with van der Waals surface area (Å²) in [5.74, 6) is -0.486. The van der Waals surface area contributed by atoms with E-state index in [0.29, 0.717) is 6.61 Å². The van der Waals surface area contributed by atoms with Gasteiger partial charge in [0.2, 0.25) is 10.0 Å². The first-order valence-electron chi connectivity index (χ1n) is 5.38. The summed E-state index contributed by atoms with van der Waals surface area (Å²) in [5, 5.41) is 7.78. The smallest absolute Gasteiger partial charge is 0.253 e. The number of primary sulfonamides is 1. The first-order valence-corrected chi connectivity index (χ1v) is 7.30. The van der Waals surface area contributed by atoms with E-state index < -0.39 is 15.9 Å². The summed E-state index contributed by atoms with van der Waals surface area (Å²) >= 11 is 5.87. The van der Waals surface area contributed by atoms with Crippen LogP contribution in [0.2, 0.25) is 5.02 Å². The van der Waals surface area contributed by atoms with E-state index in [1.54, 1.807) is 6.92 Å². The summed E-state index contributed by atoms with van der Waals surface area (Å²) in [6, 6.07) is 3.48. The van der Waals surface area contributed by atoms with Gasteiger partial charge in [-0.25, -0.2) is 13.6 Å². The van der Waals surface area contributed by atoms with E-state index in [9.17, 15) is 13.2 Å². The van der Waals surface area contributed by atoms with Crippen LogP contribution in [0.4, 0.5) is 0 Å². The zero-order valence-corrected chi connectivity index (χ0v) is 12.1. The van der Waals surface area contributed by atoms with Crippen molar-refractivity contribution in [1.29, 1.82) is 0 Å². The molecule has 3 N–H and O–H groups in total. The van der Waals surface area contributed by atoms with Crippen LogP contribution in [0.15, 0.2) is 23.1 Å². The van der Waals surface area contributed by atoms with Crippen LogP contribution in [0.3, 0.4) is 0 Å². The van der Waals surface area contributed by atoms with Gasteiger partial charge in [0.1, 0.15) is 0 Å². The molecule has 1 amide bonds. The molecule has 0 heterocycles. The number of methoxy groups -OCH3 is 1. The molecule has 1 atom stereocenters. The molecule has 0 saturated heterocycles. The van der Waals surface area contributed by atoms with Crippen LogP contribution in [-0.4, -0.2) is 34.1 Å². The summed E-state index contributed by atoms with van der Waals surface area (Å²) in [5.41, 5.74) is 0.0520. The maximum absolute atomic E-state index is 11.9. The quantitative estimate of drug-likeness (QED) is 0.838. The fourth-order valence-corrected chi connectivity index (χ4v) is 2.19. The van der Waals surface area contributed by atoms with E-state index in [1.165, 1.54) is 19.2 Å². The number of rotatable bonds is 5. The van der Waals surface area contributed by atoms with Crippen molar-refractivity contribution in [1.82, 2.24) is 5.32 Å². The molecule has 6 nitrogen and oxygen atoms in total. The number of ether oxygens (including phenoxy) is 1. The van der Waals surface area contributed by atoms with Crippen LogP contribution in [-0.2, 0) is 14.8 Å². The van der Waals surface area contributed by atoms with Crippen molar-refractivity contribution in [2.75, 3.05) is 13.7 Å². The van der Waals surface area contributed by atoms with Crippen LogP contribution in [0.25, 0.3) is 0 Å². The van der Waals surface area contributed by atoms with Crippen molar-refractivity contribution in [2.45, 2.75) is 17.9 Å². The zero-order chi connectivity index (χ0) is 14.6. The predicted octanol–water partition coefficient (Wildman–Crippen LogP) is 0.752.